The number of carboxylic acid groups (broad SMARTS) is 1. The van der Waals surface area contributed by atoms with E-state index < -0.39 is 17.7 Å². The lowest BCUT2D eigenvalue weighted by atomic mass is 9.88. The molecular weight excluding hydrogens is 280 g/mol. The molecule has 2 aromatic carbocycles. The Labute approximate surface area is 130 Å². The fraction of sp³-hybridized carbons (Fsp3) is 0.278. The molecule has 0 aliphatic rings. The first-order valence-corrected chi connectivity index (χ1v) is 7.21. The van der Waals surface area contributed by atoms with Crippen molar-refractivity contribution in [3.63, 3.8) is 0 Å². The molecule has 4 nitrogen and oxygen atoms in total. The molecule has 0 radical (unpaired) electrons. The summed E-state index contributed by atoms with van der Waals surface area (Å²) >= 11 is 0. The van der Waals surface area contributed by atoms with Crippen molar-refractivity contribution in [2.75, 3.05) is 0 Å². The first-order valence-electron chi connectivity index (χ1n) is 7.21. The monoisotopic (exact) mass is 300 g/mol. The van der Waals surface area contributed by atoms with E-state index in [1.54, 1.807) is 31.2 Å². The number of carbonyl (C=O) groups is 1. The number of carboxylic acids is 1. The average Bonchev–Trinajstić information content (AvgIpc) is 2.48. The molecule has 0 heterocycles. The Kier molecular flexibility index (Phi) is 5.17. The second-order valence-corrected chi connectivity index (χ2v) is 5.43. The summed E-state index contributed by atoms with van der Waals surface area (Å²) in [5.74, 6) is -0.609. The van der Waals surface area contributed by atoms with Gasteiger partial charge in [-0.1, -0.05) is 48.5 Å². The van der Waals surface area contributed by atoms with Gasteiger partial charge in [0, 0.05) is 12.8 Å². The third-order valence-corrected chi connectivity index (χ3v) is 3.40. The number of aliphatic hydroxyl groups excluding tert-OH is 1. The molecule has 2 rings (SSSR count). The second kappa shape index (κ2) is 7.09. The number of hydrogen-bond donors (Lipinski definition) is 2. The Balaban J connectivity index is 2.35. The van der Waals surface area contributed by atoms with E-state index in [4.69, 9.17) is 4.74 Å². The van der Waals surface area contributed by atoms with E-state index in [2.05, 4.69) is 0 Å². The summed E-state index contributed by atoms with van der Waals surface area (Å²) in [4.78, 5) is 11.9. The van der Waals surface area contributed by atoms with E-state index in [1.165, 1.54) is 0 Å². The highest BCUT2D eigenvalue weighted by Gasteiger charge is 2.42. The minimum Gasteiger partial charge on any atom is -0.478 e. The summed E-state index contributed by atoms with van der Waals surface area (Å²) in [6.45, 7) is 1.57. The van der Waals surface area contributed by atoms with Crippen molar-refractivity contribution in [1.82, 2.24) is 0 Å². The predicted molar refractivity (Wildman–Crippen MR) is 83.9 cm³/mol. The molecule has 0 spiro atoms. The molecule has 0 aliphatic carbocycles. The van der Waals surface area contributed by atoms with Crippen LogP contribution in [0.4, 0.5) is 0 Å². The standard InChI is InChI=1S/C18H20O4/c1-14(19)12-18(17(20)21,13-15-8-4-2-5-9-15)22-16-10-6-3-7-11-16/h2-11,14,19H,12-13H2,1H3,(H,20,21). The molecule has 0 saturated heterocycles. The highest BCUT2D eigenvalue weighted by atomic mass is 16.5. The Morgan fingerprint density at radius 3 is 2.14 bits per heavy atom. The van der Waals surface area contributed by atoms with E-state index in [0.29, 0.717) is 5.75 Å². The van der Waals surface area contributed by atoms with Gasteiger partial charge >= 0.3 is 5.97 Å². The van der Waals surface area contributed by atoms with Crippen LogP contribution in [0.1, 0.15) is 18.9 Å². The highest BCUT2D eigenvalue weighted by molar-refractivity contribution is 5.78. The van der Waals surface area contributed by atoms with Gasteiger partial charge in [-0.3, -0.25) is 0 Å². The topological polar surface area (TPSA) is 66.8 Å². The Bertz CT molecular complexity index is 551. The summed E-state index contributed by atoms with van der Waals surface area (Å²) in [5.41, 5.74) is -0.655. The van der Waals surface area contributed by atoms with Gasteiger partial charge < -0.3 is 14.9 Å². The lowest BCUT2D eigenvalue weighted by Crippen LogP contribution is -2.49. The lowest BCUT2D eigenvalue weighted by Gasteiger charge is -2.31. The SMILES string of the molecule is CC(O)CC(Cc1ccccc1)(Oc1ccccc1)C(=O)O. The van der Waals surface area contributed by atoms with Crippen molar-refractivity contribution in [2.45, 2.75) is 31.5 Å². The molecule has 0 aromatic heterocycles. The smallest absolute Gasteiger partial charge is 0.348 e. The van der Waals surface area contributed by atoms with Gasteiger partial charge in [0.1, 0.15) is 5.75 Å². The largest absolute Gasteiger partial charge is 0.478 e. The third-order valence-electron chi connectivity index (χ3n) is 3.40. The quantitative estimate of drug-likeness (QED) is 0.825. The first kappa shape index (κ1) is 16.0. The van der Waals surface area contributed by atoms with Gasteiger partial charge in [0.25, 0.3) is 0 Å². The molecule has 116 valence electrons. The van der Waals surface area contributed by atoms with Crippen LogP contribution in [-0.2, 0) is 11.2 Å². The van der Waals surface area contributed by atoms with Crippen molar-refractivity contribution in [1.29, 1.82) is 0 Å². The molecule has 0 bridgehead atoms. The maximum absolute atomic E-state index is 11.9. The zero-order valence-corrected chi connectivity index (χ0v) is 12.5. The van der Waals surface area contributed by atoms with E-state index in [1.807, 2.05) is 36.4 Å². The van der Waals surface area contributed by atoms with Crippen LogP contribution in [0.5, 0.6) is 5.75 Å². The Morgan fingerprint density at radius 1 is 1.09 bits per heavy atom. The van der Waals surface area contributed by atoms with Crippen LogP contribution in [0.2, 0.25) is 0 Å². The van der Waals surface area contributed by atoms with Gasteiger partial charge in [-0.25, -0.2) is 4.79 Å². The maximum atomic E-state index is 11.9. The van der Waals surface area contributed by atoms with Crippen LogP contribution in [0.15, 0.2) is 60.7 Å². The van der Waals surface area contributed by atoms with E-state index in [0.717, 1.165) is 5.56 Å². The third kappa shape index (κ3) is 4.09. The normalized spacial score (nSPS) is 14.8. The molecule has 2 unspecified atom stereocenters. The van der Waals surface area contributed by atoms with Crippen molar-refractivity contribution in [2.24, 2.45) is 0 Å². The molecule has 2 aromatic rings. The number of hydrogen-bond acceptors (Lipinski definition) is 3. The minimum absolute atomic E-state index is 0.00607. The molecule has 0 saturated carbocycles. The summed E-state index contributed by atoms with van der Waals surface area (Å²) in [6.07, 6.45) is -0.599. The molecule has 2 N–H and O–H groups in total. The average molecular weight is 300 g/mol. The zero-order valence-electron chi connectivity index (χ0n) is 12.5. The van der Waals surface area contributed by atoms with Gasteiger partial charge in [-0.2, -0.15) is 0 Å². The van der Waals surface area contributed by atoms with Crippen LogP contribution in [0.3, 0.4) is 0 Å². The minimum atomic E-state index is -1.50. The zero-order chi connectivity index (χ0) is 16.0. The van der Waals surface area contributed by atoms with Gasteiger partial charge in [0.05, 0.1) is 6.10 Å². The first-order chi connectivity index (χ1) is 10.5. The summed E-state index contributed by atoms with van der Waals surface area (Å²) < 4.78 is 5.82. The number of benzene rings is 2. The van der Waals surface area contributed by atoms with Gasteiger partial charge in [0.15, 0.2) is 0 Å². The van der Waals surface area contributed by atoms with E-state index >= 15 is 0 Å². The van der Waals surface area contributed by atoms with Crippen molar-refractivity contribution >= 4 is 5.97 Å². The molecule has 22 heavy (non-hydrogen) atoms. The Morgan fingerprint density at radius 2 is 1.64 bits per heavy atom. The predicted octanol–water partition coefficient (Wildman–Crippen LogP) is 2.90. The molecule has 0 fully saturated rings. The van der Waals surface area contributed by atoms with Crippen LogP contribution in [0, 0.1) is 0 Å². The van der Waals surface area contributed by atoms with E-state index in [-0.39, 0.29) is 12.8 Å². The number of para-hydroxylation sites is 1. The van der Waals surface area contributed by atoms with Crippen LogP contribution >= 0.6 is 0 Å². The van der Waals surface area contributed by atoms with Crippen molar-refractivity contribution in [3.05, 3.63) is 66.2 Å². The molecule has 0 aliphatic heterocycles. The lowest BCUT2D eigenvalue weighted by molar-refractivity contribution is -0.158. The molecule has 4 heteroatoms. The van der Waals surface area contributed by atoms with Crippen LogP contribution < -0.4 is 4.74 Å². The van der Waals surface area contributed by atoms with Gasteiger partial charge in [-0.05, 0) is 24.6 Å². The Hall–Kier alpha value is -2.33. The number of aliphatic carboxylic acids is 1. The van der Waals surface area contributed by atoms with Gasteiger partial charge in [0.2, 0.25) is 5.60 Å². The van der Waals surface area contributed by atoms with Gasteiger partial charge in [-0.15, -0.1) is 0 Å². The van der Waals surface area contributed by atoms with Crippen molar-refractivity contribution < 1.29 is 19.7 Å². The van der Waals surface area contributed by atoms with Crippen molar-refractivity contribution in [3.8, 4) is 5.75 Å². The number of rotatable bonds is 7. The number of ether oxygens (including phenoxy) is 1. The summed E-state index contributed by atoms with van der Waals surface area (Å²) in [5, 5.41) is 19.5. The van der Waals surface area contributed by atoms with Crippen LogP contribution in [-0.4, -0.2) is 27.9 Å². The maximum Gasteiger partial charge on any atom is 0.348 e. The summed E-state index contributed by atoms with van der Waals surface area (Å²) in [7, 11) is 0. The van der Waals surface area contributed by atoms with E-state index in [9.17, 15) is 15.0 Å². The molecule has 2 atom stereocenters. The second-order valence-electron chi connectivity index (χ2n) is 5.43. The fourth-order valence-corrected chi connectivity index (χ4v) is 2.47. The molecule has 0 amide bonds. The molecular formula is C18H20O4. The fourth-order valence-electron chi connectivity index (χ4n) is 2.47. The summed E-state index contributed by atoms with van der Waals surface area (Å²) in [6, 6.07) is 18.1. The highest BCUT2D eigenvalue weighted by Crippen LogP contribution is 2.27. The van der Waals surface area contributed by atoms with Crippen LogP contribution in [0.25, 0.3) is 0 Å². The number of aliphatic hydroxyl groups is 1.